The minimum atomic E-state index is -0.290. The van der Waals surface area contributed by atoms with Crippen LogP contribution in [0.15, 0.2) is 11.2 Å². The summed E-state index contributed by atoms with van der Waals surface area (Å²) in [5.41, 5.74) is 3.51. The Kier molecular flexibility index (Phi) is 5.30. The summed E-state index contributed by atoms with van der Waals surface area (Å²) in [6, 6.07) is 0. The van der Waals surface area contributed by atoms with Gasteiger partial charge in [0.2, 0.25) is 5.91 Å². The van der Waals surface area contributed by atoms with Crippen LogP contribution in [0.5, 0.6) is 5.75 Å². The van der Waals surface area contributed by atoms with Gasteiger partial charge < -0.3 is 15.5 Å². The number of aromatic hydroxyl groups is 1. The van der Waals surface area contributed by atoms with E-state index in [-0.39, 0.29) is 24.8 Å². The van der Waals surface area contributed by atoms with E-state index in [0.29, 0.717) is 22.5 Å². The summed E-state index contributed by atoms with van der Waals surface area (Å²) < 4.78 is 1.69. The smallest absolute Gasteiger partial charge is 0.246 e. The van der Waals surface area contributed by atoms with Gasteiger partial charge in [0.15, 0.2) is 0 Å². The predicted molar refractivity (Wildman–Crippen MR) is 90.3 cm³/mol. The highest BCUT2D eigenvalue weighted by Crippen LogP contribution is 2.22. The second kappa shape index (κ2) is 7.22. The molecule has 0 fully saturated rings. The summed E-state index contributed by atoms with van der Waals surface area (Å²) in [5, 5.41) is 26.3. The molecular formula is C16H21N5O3. The molecule has 0 radical (unpaired) electrons. The zero-order valence-corrected chi connectivity index (χ0v) is 14.2. The van der Waals surface area contributed by atoms with Gasteiger partial charge in [0.05, 0.1) is 29.4 Å². The van der Waals surface area contributed by atoms with Gasteiger partial charge in [-0.3, -0.25) is 19.5 Å². The number of aryl methyl sites for hydroxylation is 3. The van der Waals surface area contributed by atoms with Crippen molar-refractivity contribution in [3.8, 4) is 5.75 Å². The fraction of sp³-hybridized carbons (Fsp3) is 0.375. The number of hydrogen-bond acceptors (Lipinski definition) is 6. The number of aliphatic hydroxyl groups excluding tert-OH is 1. The van der Waals surface area contributed by atoms with Gasteiger partial charge >= 0.3 is 0 Å². The summed E-state index contributed by atoms with van der Waals surface area (Å²) in [7, 11) is 1.81. The third kappa shape index (κ3) is 3.60. The lowest BCUT2D eigenvalue weighted by atomic mass is 10.1. The number of rotatable bonds is 5. The average Bonchev–Trinajstić information content (AvgIpc) is 2.78. The molecule has 0 aliphatic carbocycles. The maximum Gasteiger partial charge on any atom is 0.246 e. The van der Waals surface area contributed by atoms with E-state index in [1.807, 2.05) is 13.8 Å². The molecule has 0 aliphatic heterocycles. The van der Waals surface area contributed by atoms with Crippen molar-refractivity contribution in [3.05, 3.63) is 34.4 Å². The standard InChI is InChI=1S/C16H21N5O3/c1-9-15(11(3)21(4)20-9)19-14(23)7-17-6-13-12(8-22)5-18-10(2)16(13)24/h5-6,22,24H,7-8H2,1-4H3,(H,19,23). The van der Waals surface area contributed by atoms with Crippen molar-refractivity contribution in [3.63, 3.8) is 0 Å². The van der Waals surface area contributed by atoms with Crippen molar-refractivity contribution in [2.45, 2.75) is 27.4 Å². The van der Waals surface area contributed by atoms with Crippen LogP contribution in [0.25, 0.3) is 0 Å². The van der Waals surface area contributed by atoms with Crippen LogP contribution in [-0.2, 0) is 18.4 Å². The minimum Gasteiger partial charge on any atom is -0.505 e. The fourth-order valence-electron chi connectivity index (χ4n) is 2.28. The Labute approximate surface area is 139 Å². The molecule has 0 aromatic carbocycles. The summed E-state index contributed by atoms with van der Waals surface area (Å²) >= 11 is 0. The Hall–Kier alpha value is -2.74. The third-order valence-electron chi connectivity index (χ3n) is 3.76. The van der Waals surface area contributed by atoms with Crippen LogP contribution in [0.2, 0.25) is 0 Å². The van der Waals surface area contributed by atoms with E-state index in [4.69, 9.17) is 0 Å². The average molecular weight is 331 g/mol. The molecule has 0 bridgehead atoms. The Morgan fingerprint density at radius 2 is 2.08 bits per heavy atom. The summed E-state index contributed by atoms with van der Waals surface area (Å²) in [6.45, 7) is 4.94. The molecule has 1 amide bonds. The number of aromatic nitrogens is 3. The fourth-order valence-corrected chi connectivity index (χ4v) is 2.28. The highest BCUT2D eigenvalue weighted by atomic mass is 16.3. The molecule has 8 nitrogen and oxygen atoms in total. The van der Waals surface area contributed by atoms with Crippen LogP contribution in [-0.4, -0.2) is 43.6 Å². The van der Waals surface area contributed by atoms with Crippen molar-refractivity contribution < 1.29 is 15.0 Å². The molecule has 8 heteroatoms. The first-order valence-electron chi connectivity index (χ1n) is 7.43. The molecular weight excluding hydrogens is 310 g/mol. The van der Waals surface area contributed by atoms with Gasteiger partial charge in [0.1, 0.15) is 12.3 Å². The van der Waals surface area contributed by atoms with Gasteiger partial charge in [0.25, 0.3) is 0 Å². The van der Waals surface area contributed by atoms with Crippen LogP contribution in [0.4, 0.5) is 5.69 Å². The SMILES string of the molecule is Cc1ncc(CO)c(C=NCC(=O)Nc2c(C)nn(C)c2C)c1O. The second-order valence-electron chi connectivity index (χ2n) is 5.48. The number of hydrogen-bond donors (Lipinski definition) is 3. The lowest BCUT2D eigenvalue weighted by Gasteiger charge is -2.07. The number of carbonyl (C=O) groups is 1. The first kappa shape index (κ1) is 17.6. The number of nitrogens with zero attached hydrogens (tertiary/aromatic N) is 4. The Balaban J connectivity index is 2.09. The van der Waals surface area contributed by atoms with E-state index in [0.717, 1.165) is 11.4 Å². The van der Waals surface area contributed by atoms with Crippen molar-refractivity contribution in [1.29, 1.82) is 0 Å². The van der Waals surface area contributed by atoms with Gasteiger partial charge in [-0.2, -0.15) is 5.10 Å². The van der Waals surface area contributed by atoms with Crippen LogP contribution >= 0.6 is 0 Å². The normalized spacial score (nSPS) is 11.2. The molecule has 0 unspecified atom stereocenters. The van der Waals surface area contributed by atoms with Crippen LogP contribution in [0.1, 0.15) is 28.2 Å². The van der Waals surface area contributed by atoms with E-state index in [9.17, 15) is 15.0 Å². The number of pyridine rings is 1. The summed E-state index contributed by atoms with van der Waals surface area (Å²) in [6.07, 6.45) is 2.84. The van der Waals surface area contributed by atoms with Gasteiger partial charge in [-0.15, -0.1) is 0 Å². The number of carbonyl (C=O) groups excluding carboxylic acids is 1. The Morgan fingerprint density at radius 1 is 1.38 bits per heavy atom. The molecule has 0 spiro atoms. The molecule has 128 valence electrons. The maximum atomic E-state index is 12.0. The molecule has 0 aliphatic rings. The van der Waals surface area contributed by atoms with E-state index in [1.54, 1.807) is 18.7 Å². The number of anilines is 1. The topological polar surface area (TPSA) is 113 Å². The lowest BCUT2D eigenvalue weighted by Crippen LogP contribution is -2.16. The molecule has 3 N–H and O–H groups in total. The monoisotopic (exact) mass is 331 g/mol. The highest BCUT2D eigenvalue weighted by molar-refractivity contribution is 5.95. The maximum absolute atomic E-state index is 12.0. The Morgan fingerprint density at radius 3 is 2.67 bits per heavy atom. The van der Waals surface area contributed by atoms with E-state index in [2.05, 4.69) is 20.4 Å². The van der Waals surface area contributed by atoms with Crippen LogP contribution in [0, 0.1) is 20.8 Å². The van der Waals surface area contributed by atoms with E-state index < -0.39 is 0 Å². The van der Waals surface area contributed by atoms with Crippen LogP contribution in [0.3, 0.4) is 0 Å². The van der Waals surface area contributed by atoms with Crippen molar-refractivity contribution >= 4 is 17.8 Å². The predicted octanol–water partition coefficient (Wildman–Crippen LogP) is 0.996. The third-order valence-corrected chi connectivity index (χ3v) is 3.76. The van der Waals surface area contributed by atoms with Gasteiger partial charge in [-0.25, -0.2) is 0 Å². The van der Waals surface area contributed by atoms with E-state index >= 15 is 0 Å². The van der Waals surface area contributed by atoms with Gasteiger partial charge in [0, 0.05) is 30.6 Å². The highest BCUT2D eigenvalue weighted by Gasteiger charge is 2.12. The molecule has 2 aromatic heterocycles. The number of aliphatic hydroxyl groups is 1. The van der Waals surface area contributed by atoms with Crippen LogP contribution < -0.4 is 5.32 Å². The molecule has 0 saturated heterocycles. The molecule has 24 heavy (non-hydrogen) atoms. The first-order valence-corrected chi connectivity index (χ1v) is 7.43. The minimum absolute atomic E-state index is 0.0512. The molecule has 0 atom stereocenters. The molecule has 2 rings (SSSR count). The summed E-state index contributed by atoms with van der Waals surface area (Å²) in [4.78, 5) is 20.1. The first-order chi connectivity index (χ1) is 11.3. The van der Waals surface area contributed by atoms with Gasteiger partial charge in [-0.1, -0.05) is 0 Å². The molecule has 2 heterocycles. The van der Waals surface area contributed by atoms with Crippen molar-refractivity contribution in [2.75, 3.05) is 11.9 Å². The molecule has 2 aromatic rings. The number of aliphatic imine (C=N–C) groups is 1. The number of amides is 1. The Bertz CT molecular complexity index is 795. The largest absolute Gasteiger partial charge is 0.505 e. The number of nitrogens with one attached hydrogen (secondary N) is 1. The van der Waals surface area contributed by atoms with Crippen molar-refractivity contribution in [2.24, 2.45) is 12.0 Å². The summed E-state index contributed by atoms with van der Waals surface area (Å²) in [5.74, 6) is -0.342. The zero-order chi connectivity index (χ0) is 17.9. The van der Waals surface area contributed by atoms with Crippen molar-refractivity contribution in [1.82, 2.24) is 14.8 Å². The zero-order valence-electron chi connectivity index (χ0n) is 14.2. The van der Waals surface area contributed by atoms with E-state index in [1.165, 1.54) is 12.4 Å². The second-order valence-corrected chi connectivity index (χ2v) is 5.48. The van der Waals surface area contributed by atoms with Gasteiger partial charge in [-0.05, 0) is 20.8 Å². The molecule has 0 saturated carbocycles. The quantitative estimate of drug-likeness (QED) is 0.707. The lowest BCUT2D eigenvalue weighted by molar-refractivity contribution is -0.114.